The molecule has 2 aromatic rings. The second-order valence-electron chi connectivity index (χ2n) is 5.07. The van der Waals surface area contributed by atoms with E-state index in [1.54, 1.807) is 42.5 Å². The number of carbonyl (C=O) groups is 2. The SMILES string of the molecule is O=C(O)C(C(=O)Oc1ccc2c(c1)C=CC2)c1ccccc1. The lowest BCUT2D eigenvalue weighted by atomic mass is 9.99. The molecule has 3 rings (SSSR count). The molecule has 0 aromatic heterocycles. The van der Waals surface area contributed by atoms with Crippen molar-refractivity contribution >= 4 is 18.0 Å². The molecule has 1 unspecified atom stereocenters. The average Bonchev–Trinajstić information content (AvgIpc) is 2.95. The maximum absolute atomic E-state index is 12.2. The van der Waals surface area contributed by atoms with Crippen molar-refractivity contribution in [3.05, 3.63) is 71.3 Å². The summed E-state index contributed by atoms with van der Waals surface area (Å²) in [5.74, 6) is -2.99. The number of carboxylic acid groups (broad SMARTS) is 1. The highest BCUT2D eigenvalue weighted by Gasteiger charge is 2.30. The first-order valence-electron chi connectivity index (χ1n) is 6.94. The summed E-state index contributed by atoms with van der Waals surface area (Å²) in [4.78, 5) is 23.6. The third kappa shape index (κ3) is 2.76. The Kier molecular flexibility index (Phi) is 3.74. The van der Waals surface area contributed by atoms with E-state index >= 15 is 0 Å². The molecule has 4 nitrogen and oxygen atoms in total. The fraction of sp³-hybridized carbons (Fsp3) is 0.111. The van der Waals surface area contributed by atoms with Crippen LogP contribution in [-0.2, 0) is 16.0 Å². The lowest BCUT2D eigenvalue weighted by molar-refractivity contribution is -0.148. The number of allylic oxidation sites excluding steroid dienone is 1. The van der Waals surface area contributed by atoms with E-state index in [9.17, 15) is 14.7 Å². The van der Waals surface area contributed by atoms with Gasteiger partial charge in [-0.1, -0.05) is 48.6 Å². The number of ether oxygens (including phenoxy) is 1. The molecular formula is C18H14O4. The molecule has 0 amide bonds. The molecule has 4 heteroatoms. The van der Waals surface area contributed by atoms with E-state index in [1.807, 2.05) is 18.2 Å². The van der Waals surface area contributed by atoms with Crippen LogP contribution in [0, 0.1) is 0 Å². The minimum Gasteiger partial charge on any atom is -0.480 e. The van der Waals surface area contributed by atoms with Crippen molar-refractivity contribution in [1.29, 1.82) is 0 Å². The minimum atomic E-state index is -1.33. The predicted octanol–water partition coefficient (Wildman–Crippen LogP) is 3.03. The van der Waals surface area contributed by atoms with Crippen molar-refractivity contribution < 1.29 is 19.4 Å². The Balaban J connectivity index is 1.83. The van der Waals surface area contributed by atoms with Crippen LogP contribution < -0.4 is 4.74 Å². The summed E-state index contributed by atoms with van der Waals surface area (Å²) in [6, 6.07) is 13.7. The van der Waals surface area contributed by atoms with E-state index in [4.69, 9.17) is 4.74 Å². The van der Waals surface area contributed by atoms with Crippen molar-refractivity contribution in [3.63, 3.8) is 0 Å². The standard InChI is InChI=1S/C18H14O4/c19-17(20)16(13-5-2-1-3-6-13)18(21)22-15-10-9-12-7-4-8-14(12)11-15/h1-6,8-11,16H,7H2,(H,19,20). The van der Waals surface area contributed by atoms with Crippen molar-refractivity contribution in [3.8, 4) is 5.75 Å². The predicted molar refractivity (Wildman–Crippen MR) is 81.6 cm³/mol. The molecule has 1 atom stereocenters. The van der Waals surface area contributed by atoms with Gasteiger partial charge in [0.1, 0.15) is 5.75 Å². The van der Waals surface area contributed by atoms with Gasteiger partial charge in [-0.3, -0.25) is 9.59 Å². The van der Waals surface area contributed by atoms with Crippen molar-refractivity contribution in [2.75, 3.05) is 0 Å². The van der Waals surface area contributed by atoms with E-state index < -0.39 is 17.9 Å². The minimum absolute atomic E-state index is 0.359. The van der Waals surface area contributed by atoms with Gasteiger partial charge in [0.2, 0.25) is 0 Å². The Morgan fingerprint density at radius 1 is 1.09 bits per heavy atom. The lowest BCUT2D eigenvalue weighted by Crippen LogP contribution is -2.26. The maximum Gasteiger partial charge on any atom is 0.330 e. The zero-order valence-electron chi connectivity index (χ0n) is 11.7. The Hall–Kier alpha value is -2.88. The van der Waals surface area contributed by atoms with Crippen LogP contribution in [0.3, 0.4) is 0 Å². The number of benzene rings is 2. The molecule has 1 N–H and O–H groups in total. The quantitative estimate of drug-likeness (QED) is 0.535. The van der Waals surface area contributed by atoms with E-state index in [-0.39, 0.29) is 0 Å². The molecule has 0 saturated heterocycles. The number of rotatable bonds is 4. The normalized spacial score (nSPS) is 13.5. The number of fused-ring (bicyclic) bond motifs is 1. The average molecular weight is 294 g/mol. The van der Waals surface area contributed by atoms with E-state index in [1.165, 1.54) is 0 Å². The Morgan fingerprint density at radius 3 is 2.59 bits per heavy atom. The second kappa shape index (κ2) is 5.85. The zero-order valence-corrected chi connectivity index (χ0v) is 11.7. The highest BCUT2D eigenvalue weighted by molar-refractivity contribution is 6.00. The largest absolute Gasteiger partial charge is 0.480 e. The summed E-state index contributed by atoms with van der Waals surface area (Å²) < 4.78 is 5.26. The van der Waals surface area contributed by atoms with Gasteiger partial charge in [-0.25, -0.2) is 0 Å². The summed E-state index contributed by atoms with van der Waals surface area (Å²) in [7, 11) is 0. The maximum atomic E-state index is 12.2. The van der Waals surface area contributed by atoms with Gasteiger partial charge in [-0.15, -0.1) is 0 Å². The van der Waals surface area contributed by atoms with Crippen molar-refractivity contribution in [1.82, 2.24) is 0 Å². The Bertz CT molecular complexity index is 747. The Morgan fingerprint density at radius 2 is 1.86 bits per heavy atom. The second-order valence-corrected chi connectivity index (χ2v) is 5.07. The fourth-order valence-electron chi connectivity index (χ4n) is 2.49. The molecule has 0 bridgehead atoms. The molecule has 0 spiro atoms. The summed E-state index contributed by atoms with van der Waals surface area (Å²) in [5.41, 5.74) is 2.57. The molecule has 0 saturated carbocycles. The highest BCUT2D eigenvalue weighted by Crippen LogP contribution is 2.26. The lowest BCUT2D eigenvalue weighted by Gasteiger charge is -2.12. The molecule has 0 fully saturated rings. The molecule has 0 aliphatic heterocycles. The van der Waals surface area contributed by atoms with Crippen LogP contribution in [0.1, 0.15) is 22.6 Å². The first kappa shape index (κ1) is 14.1. The van der Waals surface area contributed by atoms with Crippen LogP contribution in [0.15, 0.2) is 54.6 Å². The van der Waals surface area contributed by atoms with Gasteiger partial charge in [0.15, 0.2) is 5.92 Å². The van der Waals surface area contributed by atoms with E-state index in [2.05, 4.69) is 0 Å². The highest BCUT2D eigenvalue weighted by atomic mass is 16.5. The summed E-state index contributed by atoms with van der Waals surface area (Å²) in [6.07, 6.45) is 4.85. The van der Waals surface area contributed by atoms with Gasteiger partial charge < -0.3 is 9.84 Å². The number of carbonyl (C=O) groups excluding carboxylic acids is 1. The van der Waals surface area contributed by atoms with Crippen LogP contribution >= 0.6 is 0 Å². The van der Waals surface area contributed by atoms with Crippen molar-refractivity contribution in [2.24, 2.45) is 0 Å². The first-order valence-corrected chi connectivity index (χ1v) is 6.94. The van der Waals surface area contributed by atoms with Gasteiger partial charge >= 0.3 is 11.9 Å². The van der Waals surface area contributed by atoms with Gasteiger partial charge in [-0.05, 0) is 35.2 Å². The first-order chi connectivity index (χ1) is 10.6. The number of hydrogen-bond donors (Lipinski definition) is 1. The molecule has 110 valence electrons. The smallest absolute Gasteiger partial charge is 0.330 e. The van der Waals surface area contributed by atoms with Crippen LogP contribution in [0.2, 0.25) is 0 Å². The fourth-order valence-corrected chi connectivity index (χ4v) is 2.49. The summed E-state index contributed by atoms with van der Waals surface area (Å²) in [6.45, 7) is 0. The molecule has 0 radical (unpaired) electrons. The van der Waals surface area contributed by atoms with E-state index in [0.29, 0.717) is 11.3 Å². The summed E-state index contributed by atoms with van der Waals surface area (Å²) in [5, 5.41) is 9.32. The van der Waals surface area contributed by atoms with Crippen LogP contribution in [0.4, 0.5) is 0 Å². The number of aliphatic carboxylic acids is 1. The van der Waals surface area contributed by atoms with Crippen LogP contribution in [0.5, 0.6) is 5.75 Å². The Labute approximate surface area is 127 Å². The number of esters is 1. The monoisotopic (exact) mass is 294 g/mol. The molecule has 2 aromatic carbocycles. The summed E-state index contributed by atoms with van der Waals surface area (Å²) >= 11 is 0. The van der Waals surface area contributed by atoms with Gasteiger partial charge in [0.25, 0.3) is 0 Å². The van der Waals surface area contributed by atoms with Gasteiger partial charge in [0.05, 0.1) is 0 Å². The van der Waals surface area contributed by atoms with Crippen molar-refractivity contribution in [2.45, 2.75) is 12.3 Å². The van der Waals surface area contributed by atoms with E-state index in [0.717, 1.165) is 17.5 Å². The topological polar surface area (TPSA) is 63.6 Å². The molecule has 0 heterocycles. The van der Waals surface area contributed by atoms with Gasteiger partial charge in [-0.2, -0.15) is 0 Å². The van der Waals surface area contributed by atoms with Crippen LogP contribution in [-0.4, -0.2) is 17.0 Å². The molecular weight excluding hydrogens is 280 g/mol. The number of carboxylic acids is 1. The third-order valence-corrected chi connectivity index (χ3v) is 3.59. The molecule has 1 aliphatic rings. The van der Waals surface area contributed by atoms with Crippen LogP contribution in [0.25, 0.3) is 6.08 Å². The third-order valence-electron chi connectivity index (χ3n) is 3.59. The van der Waals surface area contributed by atoms with Gasteiger partial charge in [0, 0.05) is 0 Å². The molecule has 1 aliphatic carbocycles. The molecule has 22 heavy (non-hydrogen) atoms. The number of hydrogen-bond acceptors (Lipinski definition) is 3. The zero-order chi connectivity index (χ0) is 15.5.